The Morgan fingerprint density at radius 1 is 0.492 bits per heavy atom. The first-order valence-electron chi connectivity index (χ1n) is 18.7. The molecule has 15 heteroatoms. The summed E-state index contributed by atoms with van der Waals surface area (Å²) in [6, 6.07) is 21.8. The predicted molar refractivity (Wildman–Crippen MR) is 230 cm³/mol. The van der Waals surface area contributed by atoms with Crippen molar-refractivity contribution in [1.82, 2.24) is 0 Å². The third-order valence-electron chi connectivity index (χ3n) is 8.54. The number of ketones is 6. The van der Waals surface area contributed by atoms with Crippen molar-refractivity contribution in [2.45, 2.75) is 41.5 Å². The van der Waals surface area contributed by atoms with Crippen LogP contribution in [0.25, 0.3) is 0 Å². The molecule has 0 aliphatic heterocycles. The topological polar surface area (TPSA) is 275 Å². The number of carboxylic acids is 3. The van der Waals surface area contributed by atoms with Crippen LogP contribution in [0.3, 0.4) is 0 Å². The molecule has 0 unspecified atom stereocenters. The number of carbonyl (C=O) groups is 9. The Bertz CT molecular complexity index is 2370. The van der Waals surface area contributed by atoms with Crippen LogP contribution in [-0.2, 0) is 9.59 Å². The second-order valence-corrected chi connectivity index (χ2v) is 13.7. The van der Waals surface area contributed by atoms with Crippen LogP contribution in [0.4, 0.5) is 0 Å². The number of aromatic carboxylic acids is 1. The normalized spacial score (nSPS) is 13.1. The first-order chi connectivity index (χ1) is 29.5. The van der Waals surface area contributed by atoms with Crippen LogP contribution >= 0.6 is 0 Å². The number of carbonyl (C=O) groups excluding carboxylic acids is 6. The highest BCUT2D eigenvalue weighted by Crippen LogP contribution is 2.30. The summed E-state index contributed by atoms with van der Waals surface area (Å²) < 4.78 is 0. The van der Waals surface area contributed by atoms with Crippen molar-refractivity contribution >= 4 is 52.6 Å². The standard InChI is InChI=1S/3C11H8O3.C7H6O2.C4H8O2.C4H6O2/c3*1-6-5-9(13)10-7(11(6)14)3-2-4-8(10)12;8-7(9)6-4-2-1-3-5-6;1-3(2)4(5)6;1-2-3-4(5)6/h3*2-5,12H,1H3;1-5H,(H,8,9);3H,1-2H3,(H,5,6);2-3H,1H3,(H,5,6)/b;;;;;3-2+. The molecule has 0 fully saturated rings. The van der Waals surface area contributed by atoms with E-state index in [0.29, 0.717) is 22.3 Å². The van der Waals surface area contributed by atoms with Crippen LogP contribution in [0.1, 0.15) is 114 Å². The minimum atomic E-state index is -0.891. The number of hydrogen-bond donors (Lipinski definition) is 6. The Balaban J connectivity index is 0.000000269. The lowest BCUT2D eigenvalue weighted by molar-refractivity contribution is -0.140. The van der Waals surface area contributed by atoms with Gasteiger partial charge < -0.3 is 30.6 Å². The smallest absolute Gasteiger partial charge is 0.335 e. The van der Waals surface area contributed by atoms with Crippen molar-refractivity contribution in [1.29, 1.82) is 0 Å². The summed E-state index contributed by atoms with van der Waals surface area (Å²) in [4.78, 5) is 98.6. The van der Waals surface area contributed by atoms with Gasteiger partial charge >= 0.3 is 17.9 Å². The molecule has 0 aromatic heterocycles. The summed E-state index contributed by atoms with van der Waals surface area (Å²) in [5.41, 5.74) is 2.76. The SMILES string of the molecule is C/C=C/C(=O)O.CC(C)C(=O)O.CC1=CC(=O)c2c(O)cccc2C1=O.CC1=CC(=O)c2c(O)cccc2C1=O.CC1=CC(=O)c2c(O)cccc2C1=O.O=C(O)c1ccccc1. The van der Waals surface area contributed by atoms with Crippen molar-refractivity contribution in [2.24, 2.45) is 5.92 Å². The summed E-state index contributed by atoms with van der Waals surface area (Å²) in [6.07, 6.45) is 6.32. The fourth-order valence-electron chi connectivity index (χ4n) is 5.33. The zero-order chi connectivity index (χ0) is 47.7. The number of benzene rings is 4. The lowest BCUT2D eigenvalue weighted by Crippen LogP contribution is -2.15. The fourth-order valence-corrected chi connectivity index (χ4v) is 5.33. The largest absolute Gasteiger partial charge is 0.507 e. The number of allylic oxidation sites excluding steroid dienone is 7. The van der Waals surface area contributed by atoms with Gasteiger partial charge in [0.15, 0.2) is 34.7 Å². The molecule has 7 rings (SSSR count). The first kappa shape index (κ1) is 50.8. The van der Waals surface area contributed by atoms with E-state index in [4.69, 9.17) is 15.3 Å². The molecule has 0 spiro atoms. The summed E-state index contributed by atoms with van der Waals surface area (Å²) >= 11 is 0. The van der Waals surface area contributed by atoms with Gasteiger partial charge in [-0.15, -0.1) is 0 Å². The van der Waals surface area contributed by atoms with E-state index < -0.39 is 17.9 Å². The van der Waals surface area contributed by atoms with E-state index in [9.17, 15) is 58.5 Å². The fraction of sp³-hybridized carbons (Fsp3) is 0.146. The van der Waals surface area contributed by atoms with E-state index in [1.807, 2.05) is 0 Å². The second kappa shape index (κ2) is 23.5. The van der Waals surface area contributed by atoms with Gasteiger partial charge in [-0.2, -0.15) is 0 Å². The molecule has 0 saturated heterocycles. The maximum Gasteiger partial charge on any atom is 0.335 e. The van der Waals surface area contributed by atoms with Crippen molar-refractivity contribution < 1.29 is 73.8 Å². The molecule has 0 radical (unpaired) electrons. The highest BCUT2D eigenvalue weighted by molar-refractivity contribution is 6.26. The molecule has 326 valence electrons. The van der Waals surface area contributed by atoms with Gasteiger partial charge in [0.05, 0.1) is 28.2 Å². The summed E-state index contributed by atoms with van der Waals surface area (Å²) in [5, 5.41) is 52.5. The van der Waals surface area contributed by atoms with E-state index in [2.05, 4.69) is 0 Å². The molecule has 0 saturated carbocycles. The number of aliphatic carboxylic acids is 2. The van der Waals surface area contributed by atoms with Crippen molar-refractivity contribution in [3.05, 3.63) is 171 Å². The lowest BCUT2D eigenvalue weighted by Gasteiger charge is -2.12. The van der Waals surface area contributed by atoms with Crippen LogP contribution < -0.4 is 0 Å². The van der Waals surface area contributed by atoms with E-state index in [-0.39, 0.29) is 91.2 Å². The molecular weight excluding hydrogens is 817 g/mol. The van der Waals surface area contributed by atoms with Gasteiger partial charge in [-0.3, -0.25) is 33.6 Å². The third-order valence-corrected chi connectivity index (χ3v) is 8.54. The first-order valence-corrected chi connectivity index (χ1v) is 18.7. The number of phenolic OH excluding ortho intramolecular Hbond substituents is 3. The maximum atomic E-state index is 11.6. The number of fused-ring (bicyclic) bond motifs is 3. The van der Waals surface area contributed by atoms with Crippen molar-refractivity contribution in [2.75, 3.05) is 0 Å². The van der Waals surface area contributed by atoms with Crippen molar-refractivity contribution in [3.8, 4) is 17.2 Å². The molecule has 0 amide bonds. The van der Waals surface area contributed by atoms with E-state index in [1.165, 1.54) is 42.5 Å². The number of aromatic hydroxyl groups is 3. The number of hydrogen-bond acceptors (Lipinski definition) is 12. The van der Waals surface area contributed by atoms with Gasteiger partial charge in [-0.1, -0.05) is 74.5 Å². The Labute approximate surface area is 361 Å². The number of Topliss-reactive ketones (excluding diaryl/α,β-unsaturated/α-hetero) is 3. The quantitative estimate of drug-likeness (QED) is 0.107. The Morgan fingerprint density at radius 3 is 1.00 bits per heavy atom. The molecule has 6 N–H and O–H groups in total. The Hall–Kier alpha value is -8.33. The van der Waals surface area contributed by atoms with Crippen LogP contribution in [0, 0.1) is 5.92 Å². The van der Waals surface area contributed by atoms with Gasteiger partial charge in [-0.25, -0.2) is 9.59 Å². The van der Waals surface area contributed by atoms with E-state index in [0.717, 1.165) is 6.08 Å². The molecule has 3 aliphatic carbocycles. The molecule has 15 nitrogen and oxygen atoms in total. The zero-order valence-corrected chi connectivity index (χ0v) is 34.9. The number of phenols is 3. The van der Waals surface area contributed by atoms with Crippen LogP contribution in [0.15, 0.2) is 132 Å². The molecule has 0 heterocycles. The zero-order valence-electron chi connectivity index (χ0n) is 34.9. The average Bonchev–Trinajstić information content (AvgIpc) is 3.22. The van der Waals surface area contributed by atoms with Gasteiger partial charge in [-0.05, 0) is 76.3 Å². The minimum Gasteiger partial charge on any atom is -0.507 e. The number of rotatable bonds is 3. The van der Waals surface area contributed by atoms with E-state index in [1.54, 1.807) is 108 Å². The minimum absolute atomic E-state index is 0.114. The third kappa shape index (κ3) is 14.1. The van der Waals surface area contributed by atoms with Gasteiger partial charge in [0.2, 0.25) is 0 Å². The second-order valence-electron chi connectivity index (χ2n) is 13.7. The number of carboxylic acid groups (broad SMARTS) is 3. The molecule has 0 atom stereocenters. The molecular formula is C48H44O15. The van der Waals surface area contributed by atoms with E-state index >= 15 is 0 Å². The molecule has 4 aromatic rings. The predicted octanol–water partition coefficient (Wildman–Crippen LogP) is 7.91. The van der Waals surface area contributed by atoms with Crippen LogP contribution in [-0.4, -0.2) is 83.2 Å². The lowest BCUT2D eigenvalue weighted by atomic mass is 9.90. The summed E-state index contributed by atoms with van der Waals surface area (Å²) in [7, 11) is 0. The molecule has 63 heavy (non-hydrogen) atoms. The monoisotopic (exact) mass is 860 g/mol. The van der Waals surface area contributed by atoms with Crippen LogP contribution in [0.2, 0.25) is 0 Å². The summed E-state index contributed by atoms with van der Waals surface area (Å²) in [6.45, 7) is 9.71. The molecule has 3 aliphatic rings. The van der Waals surface area contributed by atoms with Gasteiger partial charge in [0.1, 0.15) is 17.2 Å². The van der Waals surface area contributed by atoms with Gasteiger partial charge in [0, 0.05) is 39.5 Å². The highest BCUT2D eigenvalue weighted by Gasteiger charge is 2.27. The van der Waals surface area contributed by atoms with Gasteiger partial charge in [0.25, 0.3) is 0 Å². The molecule has 0 bridgehead atoms. The maximum absolute atomic E-state index is 11.6. The average molecular weight is 861 g/mol. The van der Waals surface area contributed by atoms with Crippen LogP contribution in [0.5, 0.6) is 17.2 Å². The molecule has 4 aromatic carbocycles. The summed E-state index contributed by atoms with van der Waals surface area (Å²) in [5.74, 6) is -4.67. The highest BCUT2D eigenvalue weighted by atomic mass is 16.4. The Morgan fingerprint density at radius 2 is 0.794 bits per heavy atom. The van der Waals surface area contributed by atoms with Crippen molar-refractivity contribution in [3.63, 3.8) is 0 Å². The Kier molecular flexibility index (Phi) is 18.9.